The molecule has 120 valence electrons. The highest BCUT2D eigenvalue weighted by molar-refractivity contribution is 5.91. The van der Waals surface area contributed by atoms with Gasteiger partial charge in [0, 0.05) is 25.4 Å². The van der Waals surface area contributed by atoms with E-state index in [0.717, 1.165) is 0 Å². The van der Waals surface area contributed by atoms with Gasteiger partial charge in [-0.25, -0.2) is 0 Å². The first-order valence-corrected chi connectivity index (χ1v) is 7.52. The number of likely N-dealkylation sites (tertiary alicyclic amines) is 1. The van der Waals surface area contributed by atoms with Crippen molar-refractivity contribution in [1.29, 1.82) is 0 Å². The summed E-state index contributed by atoms with van der Waals surface area (Å²) in [6.45, 7) is 1.94. The number of amides is 2. The molecule has 6 heteroatoms. The molecule has 0 aromatic heterocycles. The number of nitrogens with zero attached hydrogens (tertiary/aromatic N) is 1. The molecule has 0 bridgehead atoms. The van der Waals surface area contributed by atoms with Crippen molar-refractivity contribution in [2.45, 2.75) is 24.8 Å². The molecule has 1 aromatic carbocycles. The van der Waals surface area contributed by atoms with Crippen LogP contribution >= 0.6 is 12.4 Å². The molecule has 2 aliphatic heterocycles. The second-order valence-electron chi connectivity index (χ2n) is 5.91. The average molecular weight is 324 g/mol. The van der Waals surface area contributed by atoms with E-state index in [2.05, 4.69) is 17.4 Å². The van der Waals surface area contributed by atoms with Gasteiger partial charge in [0.2, 0.25) is 11.8 Å². The van der Waals surface area contributed by atoms with Crippen LogP contribution in [0.2, 0.25) is 0 Å². The van der Waals surface area contributed by atoms with E-state index in [1.807, 2.05) is 23.1 Å². The number of hydrogen-bond donors (Lipinski definition) is 2. The van der Waals surface area contributed by atoms with E-state index in [1.165, 1.54) is 5.56 Å². The first-order chi connectivity index (χ1) is 10.2. The van der Waals surface area contributed by atoms with Crippen LogP contribution in [0.3, 0.4) is 0 Å². The summed E-state index contributed by atoms with van der Waals surface area (Å²) in [5.41, 5.74) is 7.13. The Morgan fingerprint density at radius 3 is 2.59 bits per heavy atom. The van der Waals surface area contributed by atoms with Crippen molar-refractivity contribution in [2.24, 2.45) is 11.7 Å². The van der Waals surface area contributed by atoms with Crippen LogP contribution in [0.15, 0.2) is 30.3 Å². The van der Waals surface area contributed by atoms with E-state index in [4.69, 9.17) is 5.73 Å². The molecule has 2 amide bonds. The summed E-state index contributed by atoms with van der Waals surface area (Å²) < 4.78 is 0. The van der Waals surface area contributed by atoms with Gasteiger partial charge in [-0.1, -0.05) is 30.3 Å². The molecule has 0 aliphatic carbocycles. The zero-order valence-electron chi connectivity index (χ0n) is 12.4. The zero-order chi connectivity index (χ0) is 14.8. The lowest BCUT2D eigenvalue weighted by Crippen LogP contribution is -2.43. The summed E-state index contributed by atoms with van der Waals surface area (Å²) in [6.07, 6.45) is 1.06. The number of carbonyl (C=O) groups excluding carboxylic acids is 2. The summed E-state index contributed by atoms with van der Waals surface area (Å²) in [5.74, 6) is 0.589. The minimum atomic E-state index is -0.342. The number of hydrogen-bond acceptors (Lipinski definition) is 3. The van der Waals surface area contributed by atoms with Crippen molar-refractivity contribution in [3.05, 3.63) is 35.9 Å². The smallest absolute Gasteiger partial charge is 0.245 e. The lowest BCUT2D eigenvalue weighted by molar-refractivity contribution is -0.133. The van der Waals surface area contributed by atoms with E-state index >= 15 is 0 Å². The first kappa shape index (κ1) is 16.8. The van der Waals surface area contributed by atoms with Crippen LogP contribution in [0.4, 0.5) is 0 Å². The molecule has 2 heterocycles. The van der Waals surface area contributed by atoms with Gasteiger partial charge >= 0.3 is 0 Å². The van der Waals surface area contributed by atoms with Gasteiger partial charge < -0.3 is 16.0 Å². The molecule has 2 aliphatic rings. The second-order valence-corrected chi connectivity index (χ2v) is 5.91. The third kappa shape index (κ3) is 3.25. The molecule has 0 radical (unpaired) electrons. The predicted octanol–water partition coefficient (Wildman–Crippen LogP) is 0.888. The third-order valence-corrected chi connectivity index (χ3v) is 4.58. The lowest BCUT2D eigenvalue weighted by atomic mass is 9.89. The lowest BCUT2D eigenvalue weighted by Gasteiger charge is -2.20. The largest absolute Gasteiger partial charge is 0.344 e. The van der Waals surface area contributed by atoms with E-state index in [0.29, 0.717) is 32.5 Å². The molecule has 1 aromatic rings. The summed E-state index contributed by atoms with van der Waals surface area (Å²) in [4.78, 5) is 25.6. The van der Waals surface area contributed by atoms with Gasteiger partial charge in [0.15, 0.2) is 0 Å². The fourth-order valence-electron chi connectivity index (χ4n) is 3.39. The van der Waals surface area contributed by atoms with Crippen LogP contribution < -0.4 is 11.1 Å². The van der Waals surface area contributed by atoms with E-state index < -0.39 is 0 Å². The highest BCUT2D eigenvalue weighted by Gasteiger charge is 2.39. The Balaban J connectivity index is 0.00000176. The average Bonchev–Trinajstić information content (AvgIpc) is 3.13. The van der Waals surface area contributed by atoms with Crippen molar-refractivity contribution >= 4 is 24.2 Å². The molecule has 3 atom stereocenters. The van der Waals surface area contributed by atoms with Gasteiger partial charge in [0.05, 0.1) is 0 Å². The van der Waals surface area contributed by atoms with Crippen LogP contribution in [0, 0.1) is 5.92 Å². The van der Waals surface area contributed by atoms with Crippen molar-refractivity contribution in [3.8, 4) is 0 Å². The minimum absolute atomic E-state index is 0. The van der Waals surface area contributed by atoms with Crippen LogP contribution in [-0.2, 0) is 9.59 Å². The normalized spacial score (nSPS) is 27.4. The van der Waals surface area contributed by atoms with Crippen molar-refractivity contribution < 1.29 is 9.59 Å². The Morgan fingerprint density at radius 1 is 1.27 bits per heavy atom. The highest BCUT2D eigenvalue weighted by Crippen LogP contribution is 2.32. The maximum Gasteiger partial charge on any atom is 0.245 e. The van der Waals surface area contributed by atoms with Crippen molar-refractivity contribution in [2.75, 3.05) is 19.6 Å². The quantitative estimate of drug-likeness (QED) is 0.867. The zero-order valence-corrected chi connectivity index (χ0v) is 13.2. The number of nitrogens with two attached hydrogens (primary N) is 1. The van der Waals surface area contributed by atoms with Crippen LogP contribution in [0.25, 0.3) is 0 Å². The number of rotatable bonds is 3. The van der Waals surface area contributed by atoms with Gasteiger partial charge in [0.1, 0.15) is 6.04 Å². The van der Waals surface area contributed by atoms with Crippen molar-refractivity contribution in [3.63, 3.8) is 0 Å². The number of nitrogens with one attached hydrogen (secondary N) is 1. The van der Waals surface area contributed by atoms with Gasteiger partial charge in [-0.3, -0.25) is 9.59 Å². The molecular formula is C16H22ClN3O2. The highest BCUT2D eigenvalue weighted by atomic mass is 35.5. The van der Waals surface area contributed by atoms with Gasteiger partial charge in [-0.15, -0.1) is 12.4 Å². The molecule has 0 saturated carbocycles. The maximum atomic E-state index is 12.5. The fraction of sp³-hybridized carbons (Fsp3) is 0.500. The molecule has 2 saturated heterocycles. The molecule has 0 spiro atoms. The summed E-state index contributed by atoms with van der Waals surface area (Å²) in [5, 5.41) is 2.76. The van der Waals surface area contributed by atoms with Gasteiger partial charge in [-0.2, -0.15) is 0 Å². The Labute approximate surface area is 136 Å². The Bertz CT molecular complexity index is 537. The van der Waals surface area contributed by atoms with Crippen LogP contribution in [0.5, 0.6) is 0 Å². The van der Waals surface area contributed by atoms with E-state index in [-0.39, 0.29) is 42.1 Å². The SMILES string of the molecule is Cl.NC[C@@H]1CN(C(=O)[C@@H]2CCC(=O)N2)C[C@H]1c1ccccc1. The number of benzene rings is 1. The molecule has 22 heavy (non-hydrogen) atoms. The Morgan fingerprint density at radius 2 is 2.00 bits per heavy atom. The topological polar surface area (TPSA) is 75.4 Å². The Hall–Kier alpha value is -1.59. The monoisotopic (exact) mass is 323 g/mol. The number of halogens is 1. The fourth-order valence-corrected chi connectivity index (χ4v) is 3.39. The predicted molar refractivity (Wildman–Crippen MR) is 86.7 cm³/mol. The number of carbonyl (C=O) groups is 2. The molecule has 2 fully saturated rings. The molecule has 5 nitrogen and oxygen atoms in total. The standard InChI is InChI=1S/C16H21N3O2.ClH/c17-8-12-9-19(16(21)14-6-7-15(20)18-14)10-13(12)11-4-2-1-3-5-11;/h1-5,12-14H,6-10,17H2,(H,18,20);1H/t12-,13+,14+;/m1./s1. The molecular weight excluding hydrogens is 302 g/mol. The van der Waals surface area contributed by atoms with Crippen LogP contribution in [-0.4, -0.2) is 42.4 Å². The second kappa shape index (κ2) is 7.11. The molecule has 3 N–H and O–H groups in total. The van der Waals surface area contributed by atoms with Gasteiger partial charge in [-0.05, 0) is 24.4 Å². The molecule has 0 unspecified atom stereocenters. The first-order valence-electron chi connectivity index (χ1n) is 7.52. The maximum absolute atomic E-state index is 12.5. The van der Waals surface area contributed by atoms with E-state index in [1.54, 1.807) is 0 Å². The van der Waals surface area contributed by atoms with Gasteiger partial charge in [0.25, 0.3) is 0 Å². The summed E-state index contributed by atoms with van der Waals surface area (Å²) in [6, 6.07) is 9.88. The molecule has 3 rings (SSSR count). The summed E-state index contributed by atoms with van der Waals surface area (Å²) >= 11 is 0. The minimum Gasteiger partial charge on any atom is -0.344 e. The van der Waals surface area contributed by atoms with Crippen molar-refractivity contribution in [1.82, 2.24) is 10.2 Å². The third-order valence-electron chi connectivity index (χ3n) is 4.58. The van der Waals surface area contributed by atoms with Crippen LogP contribution in [0.1, 0.15) is 24.3 Å². The Kier molecular flexibility index (Phi) is 5.42. The van der Waals surface area contributed by atoms with E-state index in [9.17, 15) is 9.59 Å². The summed E-state index contributed by atoms with van der Waals surface area (Å²) in [7, 11) is 0.